The lowest BCUT2D eigenvalue weighted by atomic mass is 10.0. The maximum absolute atomic E-state index is 12.8. The number of imide groups is 1. The van der Waals surface area contributed by atoms with Gasteiger partial charge in [0.05, 0.1) is 17.7 Å². The number of aliphatic hydroxyl groups is 1. The minimum absolute atomic E-state index is 0.163. The highest BCUT2D eigenvalue weighted by Gasteiger charge is 2.33. The lowest BCUT2D eigenvalue weighted by Crippen LogP contribution is -2.33. The lowest BCUT2D eigenvalue weighted by Gasteiger charge is -2.22. The van der Waals surface area contributed by atoms with Crippen LogP contribution in [-0.4, -0.2) is 52.8 Å². The van der Waals surface area contributed by atoms with Gasteiger partial charge in [-0.1, -0.05) is 30.3 Å². The molecule has 0 saturated heterocycles. The molecule has 0 spiro atoms. The molecule has 6 nitrogen and oxygen atoms in total. The van der Waals surface area contributed by atoms with Gasteiger partial charge in [0.2, 0.25) is 0 Å². The minimum atomic E-state index is -0.411. The van der Waals surface area contributed by atoms with Crippen LogP contribution in [0.1, 0.15) is 36.6 Å². The summed E-state index contributed by atoms with van der Waals surface area (Å²) in [5.74, 6) is -1.07. The van der Waals surface area contributed by atoms with Gasteiger partial charge in [0.15, 0.2) is 0 Å². The van der Waals surface area contributed by atoms with Crippen molar-refractivity contribution < 1.29 is 19.5 Å². The molecule has 25 heavy (non-hydrogen) atoms. The third-order valence-corrected chi connectivity index (χ3v) is 4.21. The molecule has 0 bridgehead atoms. The Kier molecular flexibility index (Phi) is 4.63. The normalized spacial score (nSPS) is 13.1. The van der Waals surface area contributed by atoms with Crippen molar-refractivity contribution in [3.63, 3.8) is 0 Å². The van der Waals surface area contributed by atoms with E-state index in [1.54, 1.807) is 6.07 Å². The Balaban J connectivity index is 1.88. The summed E-state index contributed by atoms with van der Waals surface area (Å²) in [5.41, 5.74) is 1.80. The topological polar surface area (TPSA) is 77.9 Å². The molecule has 128 valence electrons. The number of carbonyl (C=O) groups excluding carboxylic acids is 3. The zero-order valence-electron chi connectivity index (χ0n) is 13.8. The molecule has 0 radical (unpaired) electrons. The Hall–Kier alpha value is -2.99. The number of nitrogens with zero attached hydrogens (tertiary/aromatic N) is 2. The monoisotopic (exact) mass is 338 g/mol. The van der Waals surface area contributed by atoms with E-state index >= 15 is 0 Å². The summed E-state index contributed by atoms with van der Waals surface area (Å²) in [6.07, 6.45) is 0. The van der Waals surface area contributed by atoms with Crippen LogP contribution in [0.25, 0.3) is 0 Å². The van der Waals surface area contributed by atoms with E-state index in [-0.39, 0.29) is 30.5 Å². The highest BCUT2D eigenvalue weighted by molar-refractivity contribution is 6.21. The van der Waals surface area contributed by atoms with E-state index in [9.17, 15) is 19.5 Å². The largest absolute Gasteiger partial charge is 0.395 e. The van der Waals surface area contributed by atoms with E-state index in [2.05, 4.69) is 0 Å². The molecule has 0 saturated carbocycles. The maximum Gasteiger partial charge on any atom is 0.261 e. The molecule has 0 fully saturated rings. The molecule has 1 N–H and O–H groups in total. The smallest absolute Gasteiger partial charge is 0.261 e. The zero-order valence-corrected chi connectivity index (χ0v) is 13.8. The first kappa shape index (κ1) is 16.9. The van der Waals surface area contributed by atoms with Gasteiger partial charge in [-0.3, -0.25) is 19.3 Å². The van der Waals surface area contributed by atoms with Gasteiger partial charge in [0.25, 0.3) is 17.7 Å². The van der Waals surface area contributed by atoms with Crippen LogP contribution in [-0.2, 0) is 6.54 Å². The van der Waals surface area contributed by atoms with Crippen molar-refractivity contribution in [1.29, 1.82) is 0 Å². The third-order valence-electron chi connectivity index (χ3n) is 4.21. The van der Waals surface area contributed by atoms with E-state index in [1.165, 1.54) is 24.1 Å². The van der Waals surface area contributed by atoms with Gasteiger partial charge in [0, 0.05) is 25.7 Å². The summed E-state index contributed by atoms with van der Waals surface area (Å²) in [6.45, 7) is 0.366. The molecule has 0 aliphatic carbocycles. The van der Waals surface area contributed by atoms with Crippen LogP contribution in [0.5, 0.6) is 0 Å². The van der Waals surface area contributed by atoms with E-state index < -0.39 is 5.91 Å². The van der Waals surface area contributed by atoms with Gasteiger partial charge < -0.3 is 10.0 Å². The molecule has 0 atom stereocenters. The molecular weight excluding hydrogens is 320 g/mol. The highest BCUT2D eigenvalue weighted by Crippen LogP contribution is 2.23. The molecule has 1 heterocycles. The van der Waals surface area contributed by atoms with Crippen LogP contribution in [0.4, 0.5) is 0 Å². The second kappa shape index (κ2) is 6.86. The minimum Gasteiger partial charge on any atom is -0.395 e. The van der Waals surface area contributed by atoms with E-state index in [4.69, 9.17) is 0 Å². The summed E-state index contributed by atoms with van der Waals surface area (Å²) in [6, 6.07) is 14.0. The van der Waals surface area contributed by atoms with Crippen LogP contribution < -0.4 is 0 Å². The Labute approximate surface area is 145 Å². The van der Waals surface area contributed by atoms with Crippen molar-refractivity contribution in [2.24, 2.45) is 0 Å². The van der Waals surface area contributed by atoms with E-state index in [0.29, 0.717) is 17.7 Å². The first-order valence-electron chi connectivity index (χ1n) is 7.93. The van der Waals surface area contributed by atoms with Crippen LogP contribution in [0, 0.1) is 0 Å². The number of hydrogen-bond acceptors (Lipinski definition) is 4. The van der Waals surface area contributed by atoms with Crippen molar-refractivity contribution in [2.75, 3.05) is 20.2 Å². The summed E-state index contributed by atoms with van der Waals surface area (Å²) in [4.78, 5) is 39.4. The second-order valence-corrected chi connectivity index (χ2v) is 5.87. The summed E-state index contributed by atoms with van der Waals surface area (Å²) < 4.78 is 0. The molecule has 2 aromatic rings. The van der Waals surface area contributed by atoms with Gasteiger partial charge in [-0.15, -0.1) is 0 Å². The average molecular weight is 338 g/mol. The fourth-order valence-corrected chi connectivity index (χ4v) is 2.85. The van der Waals surface area contributed by atoms with Gasteiger partial charge in [-0.05, 0) is 23.8 Å². The van der Waals surface area contributed by atoms with Crippen molar-refractivity contribution in [2.45, 2.75) is 6.54 Å². The van der Waals surface area contributed by atoms with Gasteiger partial charge in [-0.25, -0.2) is 0 Å². The van der Waals surface area contributed by atoms with Crippen LogP contribution >= 0.6 is 0 Å². The van der Waals surface area contributed by atoms with Crippen molar-refractivity contribution >= 4 is 17.7 Å². The molecule has 0 unspecified atom stereocenters. The number of hydrogen-bond donors (Lipinski definition) is 1. The van der Waals surface area contributed by atoms with Crippen molar-refractivity contribution in [1.82, 2.24) is 9.80 Å². The lowest BCUT2D eigenvalue weighted by molar-refractivity contribution is 0.0691. The van der Waals surface area contributed by atoms with E-state index in [0.717, 1.165) is 10.5 Å². The van der Waals surface area contributed by atoms with Crippen LogP contribution in [0.3, 0.4) is 0 Å². The van der Waals surface area contributed by atoms with Crippen LogP contribution in [0.2, 0.25) is 0 Å². The van der Waals surface area contributed by atoms with Crippen LogP contribution in [0.15, 0.2) is 48.5 Å². The average Bonchev–Trinajstić information content (AvgIpc) is 2.85. The van der Waals surface area contributed by atoms with Crippen molar-refractivity contribution in [3.05, 3.63) is 70.8 Å². The molecule has 6 heteroatoms. The molecule has 3 amide bonds. The van der Waals surface area contributed by atoms with Gasteiger partial charge in [0.1, 0.15) is 0 Å². The standard InChI is InChI=1S/C19H18N2O4/c1-20-18(24)15-8-7-14(11-16(15)19(20)25)17(23)21(9-10-22)12-13-5-3-2-4-6-13/h2-8,11,22H,9-10,12H2,1H3. The summed E-state index contributed by atoms with van der Waals surface area (Å²) in [7, 11) is 1.42. The Morgan fingerprint density at radius 1 is 1.04 bits per heavy atom. The SMILES string of the molecule is CN1C(=O)c2ccc(C(=O)N(CCO)Cc3ccccc3)cc2C1=O. The Morgan fingerprint density at radius 2 is 1.72 bits per heavy atom. The Morgan fingerprint density at radius 3 is 2.40 bits per heavy atom. The number of benzene rings is 2. The zero-order chi connectivity index (χ0) is 18.0. The van der Waals surface area contributed by atoms with Gasteiger partial charge >= 0.3 is 0 Å². The number of amides is 3. The first-order chi connectivity index (χ1) is 12.0. The molecule has 3 rings (SSSR count). The highest BCUT2D eigenvalue weighted by atomic mass is 16.3. The number of carbonyl (C=O) groups is 3. The third kappa shape index (κ3) is 3.16. The molecule has 2 aromatic carbocycles. The molecule has 1 aliphatic heterocycles. The number of fused-ring (bicyclic) bond motifs is 1. The molecule has 0 aromatic heterocycles. The molecule has 1 aliphatic rings. The van der Waals surface area contributed by atoms with E-state index in [1.807, 2.05) is 30.3 Å². The maximum atomic E-state index is 12.8. The Bertz CT molecular complexity index is 833. The summed E-state index contributed by atoms with van der Waals surface area (Å²) in [5, 5.41) is 9.28. The predicted octanol–water partition coefficient (Wildman–Crippen LogP) is 1.55. The van der Waals surface area contributed by atoms with Crippen molar-refractivity contribution in [3.8, 4) is 0 Å². The quantitative estimate of drug-likeness (QED) is 0.839. The fourth-order valence-electron chi connectivity index (χ4n) is 2.85. The first-order valence-corrected chi connectivity index (χ1v) is 7.93. The second-order valence-electron chi connectivity index (χ2n) is 5.87. The summed E-state index contributed by atoms with van der Waals surface area (Å²) >= 11 is 0. The molecular formula is C19H18N2O4. The van der Waals surface area contributed by atoms with Gasteiger partial charge in [-0.2, -0.15) is 0 Å². The number of aliphatic hydroxyl groups excluding tert-OH is 1. The predicted molar refractivity (Wildman–Crippen MR) is 91.1 cm³/mol. The number of rotatable bonds is 5. The fraction of sp³-hybridized carbons (Fsp3) is 0.211.